The van der Waals surface area contributed by atoms with Gasteiger partial charge in [0.15, 0.2) is 5.82 Å². The number of amides is 1. The highest BCUT2D eigenvalue weighted by atomic mass is 32.2. The Hall–Kier alpha value is -2.54. The van der Waals surface area contributed by atoms with E-state index in [1.54, 1.807) is 0 Å². The summed E-state index contributed by atoms with van der Waals surface area (Å²) >= 11 is 1.36. The Labute approximate surface area is 181 Å². The van der Waals surface area contributed by atoms with Crippen LogP contribution in [0.1, 0.15) is 56.8 Å². The van der Waals surface area contributed by atoms with Gasteiger partial charge in [0.2, 0.25) is 11.1 Å². The minimum Gasteiger partial charge on any atom is -0.352 e. The van der Waals surface area contributed by atoms with Gasteiger partial charge in [-0.05, 0) is 36.1 Å². The van der Waals surface area contributed by atoms with Gasteiger partial charge in [-0.3, -0.25) is 4.79 Å². The third-order valence-electron chi connectivity index (χ3n) is 5.82. The van der Waals surface area contributed by atoms with Gasteiger partial charge in [0.05, 0.1) is 5.25 Å². The molecule has 0 saturated heterocycles. The van der Waals surface area contributed by atoms with Crippen LogP contribution in [-0.2, 0) is 11.2 Å². The fourth-order valence-corrected chi connectivity index (χ4v) is 4.88. The first kappa shape index (κ1) is 20.7. The molecule has 0 unspecified atom stereocenters. The first-order valence-corrected chi connectivity index (χ1v) is 11.6. The summed E-state index contributed by atoms with van der Waals surface area (Å²) in [5.74, 6) is 7.02. The Morgan fingerprint density at radius 3 is 2.67 bits per heavy atom. The number of nitrogen functional groups attached to an aromatic ring is 1. The van der Waals surface area contributed by atoms with E-state index in [1.165, 1.54) is 52.9 Å². The Kier molecular flexibility index (Phi) is 6.57. The molecular formula is C23H29N5OS. The summed E-state index contributed by atoms with van der Waals surface area (Å²) in [7, 11) is 0. The number of carbonyl (C=O) groups excluding carboxylic acids is 1. The SMILES string of the molecule is C[C@@H](Sc1nnc(Cc2cccc3ccccc23)n1N)C(=O)NC1CCCCCC1. The number of hydrogen-bond acceptors (Lipinski definition) is 5. The van der Waals surface area contributed by atoms with E-state index in [1.807, 2.05) is 25.1 Å². The smallest absolute Gasteiger partial charge is 0.233 e. The lowest BCUT2D eigenvalue weighted by Gasteiger charge is -2.19. The van der Waals surface area contributed by atoms with Crippen LogP contribution in [0.25, 0.3) is 10.8 Å². The Morgan fingerprint density at radius 2 is 1.87 bits per heavy atom. The van der Waals surface area contributed by atoms with Gasteiger partial charge in [0.1, 0.15) is 0 Å². The molecule has 30 heavy (non-hydrogen) atoms. The van der Waals surface area contributed by atoms with E-state index >= 15 is 0 Å². The van der Waals surface area contributed by atoms with E-state index in [0.29, 0.717) is 23.4 Å². The summed E-state index contributed by atoms with van der Waals surface area (Å²) in [6.07, 6.45) is 7.67. The predicted octanol–water partition coefficient (Wildman–Crippen LogP) is 4.06. The number of aromatic nitrogens is 3. The maximum Gasteiger partial charge on any atom is 0.233 e. The number of benzene rings is 2. The van der Waals surface area contributed by atoms with Crippen molar-refractivity contribution in [3.8, 4) is 0 Å². The molecule has 1 heterocycles. The maximum atomic E-state index is 12.7. The molecule has 1 aliphatic rings. The largest absolute Gasteiger partial charge is 0.352 e. The highest BCUT2D eigenvalue weighted by Gasteiger charge is 2.22. The van der Waals surface area contributed by atoms with Crippen molar-refractivity contribution in [2.24, 2.45) is 0 Å². The van der Waals surface area contributed by atoms with Crippen LogP contribution in [0, 0.1) is 0 Å². The van der Waals surface area contributed by atoms with E-state index in [4.69, 9.17) is 5.84 Å². The van der Waals surface area contributed by atoms with Crippen LogP contribution >= 0.6 is 11.8 Å². The second-order valence-electron chi connectivity index (χ2n) is 8.04. The van der Waals surface area contributed by atoms with Crippen LogP contribution in [0.5, 0.6) is 0 Å². The second-order valence-corrected chi connectivity index (χ2v) is 9.35. The van der Waals surface area contributed by atoms with Gasteiger partial charge in [0.25, 0.3) is 0 Å². The Morgan fingerprint density at radius 1 is 1.13 bits per heavy atom. The number of thioether (sulfide) groups is 1. The molecule has 1 atom stereocenters. The molecular weight excluding hydrogens is 394 g/mol. The normalized spacial score (nSPS) is 16.3. The molecule has 1 saturated carbocycles. The third kappa shape index (κ3) is 4.78. The molecule has 1 aromatic heterocycles. The lowest BCUT2D eigenvalue weighted by Crippen LogP contribution is -2.39. The molecule has 1 aliphatic carbocycles. The molecule has 158 valence electrons. The topological polar surface area (TPSA) is 85.8 Å². The second kappa shape index (κ2) is 9.51. The van der Waals surface area contributed by atoms with Crippen LogP contribution in [-0.4, -0.2) is 32.1 Å². The highest BCUT2D eigenvalue weighted by molar-refractivity contribution is 8.00. The molecule has 0 radical (unpaired) electrons. The zero-order valence-electron chi connectivity index (χ0n) is 17.4. The average molecular weight is 424 g/mol. The van der Waals surface area contributed by atoms with Crippen molar-refractivity contribution >= 4 is 28.4 Å². The fraction of sp³-hybridized carbons (Fsp3) is 0.435. The van der Waals surface area contributed by atoms with Gasteiger partial charge in [-0.15, -0.1) is 10.2 Å². The lowest BCUT2D eigenvalue weighted by molar-refractivity contribution is -0.121. The van der Waals surface area contributed by atoms with Crippen LogP contribution in [0.4, 0.5) is 0 Å². The van der Waals surface area contributed by atoms with Gasteiger partial charge >= 0.3 is 0 Å². The van der Waals surface area contributed by atoms with E-state index < -0.39 is 0 Å². The highest BCUT2D eigenvalue weighted by Crippen LogP contribution is 2.25. The molecule has 0 aliphatic heterocycles. The van der Waals surface area contributed by atoms with Crippen LogP contribution < -0.4 is 11.2 Å². The summed E-state index contributed by atoms with van der Waals surface area (Å²) < 4.78 is 1.52. The van der Waals surface area contributed by atoms with Crippen molar-refractivity contribution in [1.82, 2.24) is 20.2 Å². The van der Waals surface area contributed by atoms with Gasteiger partial charge in [-0.1, -0.05) is 79.9 Å². The summed E-state index contributed by atoms with van der Waals surface area (Å²) in [6, 6.07) is 14.8. The number of rotatable bonds is 6. The number of fused-ring (bicyclic) bond motifs is 1. The number of carbonyl (C=O) groups is 1. The van der Waals surface area contributed by atoms with Crippen LogP contribution in [0.3, 0.4) is 0 Å². The fourth-order valence-electron chi connectivity index (χ4n) is 4.08. The van der Waals surface area contributed by atoms with Gasteiger partial charge in [0, 0.05) is 12.5 Å². The molecule has 0 spiro atoms. The minimum atomic E-state index is -0.273. The monoisotopic (exact) mass is 423 g/mol. The quantitative estimate of drug-likeness (QED) is 0.355. The zero-order valence-corrected chi connectivity index (χ0v) is 18.2. The van der Waals surface area contributed by atoms with Crippen LogP contribution in [0.15, 0.2) is 47.6 Å². The van der Waals surface area contributed by atoms with Gasteiger partial charge in [-0.25, -0.2) is 4.68 Å². The van der Waals surface area contributed by atoms with Crippen molar-refractivity contribution in [2.45, 2.75) is 68.3 Å². The number of nitrogens with zero attached hydrogens (tertiary/aromatic N) is 3. The number of hydrogen-bond donors (Lipinski definition) is 2. The zero-order chi connectivity index (χ0) is 20.9. The molecule has 3 aromatic rings. The molecule has 0 bridgehead atoms. The van der Waals surface area contributed by atoms with Crippen molar-refractivity contribution < 1.29 is 4.79 Å². The summed E-state index contributed by atoms with van der Waals surface area (Å²) in [5.41, 5.74) is 1.16. The first-order valence-electron chi connectivity index (χ1n) is 10.7. The summed E-state index contributed by atoms with van der Waals surface area (Å²) in [4.78, 5) is 12.7. The van der Waals surface area contributed by atoms with E-state index in [2.05, 4.69) is 39.8 Å². The Balaban J connectivity index is 1.42. The third-order valence-corrected chi connectivity index (χ3v) is 6.87. The maximum absolute atomic E-state index is 12.7. The lowest BCUT2D eigenvalue weighted by atomic mass is 10.0. The van der Waals surface area contributed by atoms with Gasteiger partial charge < -0.3 is 11.2 Å². The van der Waals surface area contributed by atoms with E-state index in [-0.39, 0.29) is 11.2 Å². The standard InChI is InChI=1S/C23H29N5OS/c1-16(22(29)25-19-12-4-2-3-5-13-19)30-23-27-26-21(28(23)24)15-18-11-8-10-17-9-6-7-14-20(17)18/h6-11,14,16,19H,2-5,12-13,15,24H2,1H3,(H,25,29)/t16-/m1/s1. The van der Waals surface area contributed by atoms with Crippen molar-refractivity contribution in [2.75, 3.05) is 5.84 Å². The minimum absolute atomic E-state index is 0.0468. The molecule has 7 heteroatoms. The van der Waals surface area contributed by atoms with Gasteiger partial charge in [-0.2, -0.15) is 0 Å². The van der Waals surface area contributed by atoms with Crippen molar-refractivity contribution in [3.05, 3.63) is 53.9 Å². The summed E-state index contributed by atoms with van der Waals surface area (Å²) in [6.45, 7) is 1.90. The van der Waals surface area contributed by atoms with Crippen LogP contribution in [0.2, 0.25) is 0 Å². The number of nitrogens with two attached hydrogens (primary N) is 1. The van der Waals surface area contributed by atoms with Crippen molar-refractivity contribution in [1.29, 1.82) is 0 Å². The Bertz CT molecular complexity index is 1000. The average Bonchev–Trinajstić information content (AvgIpc) is 2.94. The molecule has 3 N–H and O–H groups in total. The first-order chi connectivity index (χ1) is 14.6. The van der Waals surface area contributed by atoms with E-state index in [9.17, 15) is 4.79 Å². The molecule has 2 aromatic carbocycles. The summed E-state index contributed by atoms with van der Waals surface area (Å²) in [5, 5.41) is 14.4. The molecule has 6 nitrogen and oxygen atoms in total. The molecule has 4 rings (SSSR count). The van der Waals surface area contributed by atoms with Crippen molar-refractivity contribution in [3.63, 3.8) is 0 Å². The molecule has 1 amide bonds. The van der Waals surface area contributed by atoms with E-state index in [0.717, 1.165) is 18.4 Å². The molecule has 1 fully saturated rings. The number of nitrogens with one attached hydrogen (secondary N) is 1. The predicted molar refractivity (Wildman–Crippen MR) is 122 cm³/mol.